The van der Waals surface area contributed by atoms with Crippen LogP contribution < -0.4 is 10.6 Å². The molecule has 0 spiro atoms. The van der Waals surface area contributed by atoms with Gasteiger partial charge in [-0.25, -0.2) is 9.37 Å². The van der Waals surface area contributed by atoms with Gasteiger partial charge in [-0.2, -0.15) is 0 Å². The second kappa shape index (κ2) is 8.37. The lowest BCUT2D eigenvalue weighted by atomic mass is 10.0. The summed E-state index contributed by atoms with van der Waals surface area (Å²) in [5.41, 5.74) is 2.29. The molecule has 1 aliphatic carbocycles. The monoisotopic (exact) mass is 485 g/mol. The normalized spacial score (nSPS) is 27.1. The molecule has 3 aromatic rings. The van der Waals surface area contributed by atoms with E-state index >= 15 is 0 Å². The Bertz CT molecular complexity index is 1160. The minimum atomic E-state index is -1.00. The number of carbonyl (C=O) groups excluding carboxylic acids is 1. The highest BCUT2D eigenvalue weighted by Crippen LogP contribution is 2.46. The van der Waals surface area contributed by atoms with E-state index < -0.39 is 5.67 Å². The Kier molecular flexibility index (Phi) is 5.48. The Labute approximate surface area is 200 Å². The number of carbonyl (C=O) groups is 1. The molecule has 3 atom stereocenters. The average Bonchev–Trinajstić information content (AvgIpc) is 3.50. The number of nitrogens with one attached hydrogen (secondary N) is 2. The third kappa shape index (κ3) is 4.20. The van der Waals surface area contributed by atoms with Crippen LogP contribution >= 0.6 is 22.7 Å². The van der Waals surface area contributed by atoms with Crippen molar-refractivity contribution in [1.29, 1.82) is 0 Å². The van der Waals surface area contributed by atoms with Gasteiger partial charge < -0.3 is 15.5 Å². The predicted molar refractivity (Wildman–Crippen MR) is 132 cm³/mol. The number of hydrogen-bond acceptors (Lipinski definition) is 7. The Morgan fingerprint density at radius 3 is 2.94 bits per heavy atom. The van der Waals surface area contributed by atoms with E-state index in [4.69, 9.17) is 4.98 Å². The summed E-state index contributed by atoms with van der Waals surface area (Å²) in [4.78, 5) is 25.6. The number of hydrogen-bond donors (Lipinski definition) is 2. The first-order chi connectivity index (χ1) is 15.9. The summed E-state index contributed by atoms with van der Waals surface area (Å²) in [5.74, 6) is 0.928. The molecule has 2 fully saturated rings. The molecule has 1 amide bonds. The van der Waals surface area contributed by atoms with Gasteiger partial charge in [-0.15, -0.1) is 22.7 Å². The van der Waals surface area contributed by atoms with Crippen molar-refractivity contribution in [3.05, 3.63) is 28.9 Å². The highest BCUT2D eigenvalue weighted by atomic mass is 32.1. The molecule has 0 radical (unpaired) electrons. The molecule has 1 saturated carbocycles. The van der Waals surface area contributed by atoms with Crippen LogP contribution in [0.25, 0.3) is 20.8 Å². The van der Waals surface area contributed by atoms with Crippen molar-refractivity contribution in [3.63, 3.8) is 0 Å². The molecule has 2 aliphatic heterocycles. The van der Waals surface area contributed by atoms with E-state index in [0.29, 0.717) is 31.1 Å². The maximum Gasteiger partial charge on any atom is 0.226 e. The molecular formula is C24H28FN5OS2. The van der Waals surface area contributed by atoms with E-state index in [2.05, 4.69) is 20.5 Å². The second-order valence-electron chi connectivity index (χ2n) is 9.90. The first-order valence-electron chi connectivity index (χ1n) is 11.7. The van der Waals surface area contributed by atoms with E-state index in [1.54, 1.807) is 42.0 Å². The second-order valence-corrected chi connectivity index (χ2v) is 12.0. The van der Waals surface area contributed by atoms with Crippen LogP contribution in [0.2, 0.25) is 0 Å². The van der Waals surface area contributed by atoms with Gasteiger partial charge in [0, 0.05) is 49.2 Å². The fraction of sp³-hybridized carbons (Fsp3) is 0.542. The summed E-state index contributed by atoms with van der Waals surface area (Å²) in [6, 6.07) is 1.99. The van der Waals surface area contributed by atoms with E-state index in [-0.39, 0.29) is 5.91 Å². The molecule has 6 rings (SSSR count). The number of fused-ring (bicyclic) bond motifs is 3. The number of aromatic nitrogens is 2. The minimum absolute atomic E-state index is 0.0398. The maximum absolute atomic E-state index is 14.3. The molecule has 0 aromatic carbocycles. The fourth-order valence-corrected chi connectivity index (χ4v) is 8.15. The minimum Gasteiger partial charge on any atom is -0.317 e. The van der Waals surface area contributed by atoms with Crippen LogP contribution in [-0.2, 0) is 17.8 Å². The molecule has 5 heterocycles. The summed E-state index contributed by atoms with van der Waals surface area (Å²) in [6.07, 6.45) is 6.31. The SMILES string of the molecule is CC1(F)C[C@H]2CN(CCC(=O)Nc3sc4c(c3-c3nc5cnccc5s3)CCNC4)C[C@H]2C1. The lowest BCUT2D eigenvalue weighted by molar-refractivity contribution is -0.116. The molecule has 3 aromatic heterocycles. The smallest absolute Gasteiger partial charge is 0.226 e. The van der Waals surface area contributed by atoms with Gasteiger partial charge in [0.05, 0.1) is 10.9 Å². The third-order valence-electron chi connectivity index (χ3n) is 7.27. The largest absolute Gasteiger partial charge is 0.317 e. The number of pyridine rings is 1. The van der Waals surface area contributed by atoms with Gasteiger partial charge in [0.25, 0.3) is 0 Å². The van der Waals surface area contributed by atoms with Crippen LogP contribution in [0.4, 0.5) is 9.39 Å². The first kappa shape index (κ1) is 21.6. The van der Waals surface area contributed by atoms with Gasteiger partial charge in [-0.1, -0.05) is 0 Å². The zero-order valence-corrected chi connectivity index (χ0v) is 20.3. The number of thiophene rings is 1. The third-order valence-corrected chi connectivity index (χ3v) is 9.47. The molecule has 1 unspecified atom stereocenters. The highest BCUT2D eigenvalue weighted by Gasteiger charge is 2.46. The summed E-state index contributed by atoms with van der Waals surface area (Å²) in [5, 5.41) is 8.51. The molecule has 33 heavy (non-hydrogen) atoms. The number of anilines is 1. The summed E-state index contributed by atoms with van der Waals surface area (Å²) >= 11 is 3.32. The fourth-order valence-electron chi connectivity index (χ4n) is 5.84. The number of thiazole rings is 1. The number of nitrogens with zero attached hydrogens (tertiary/aromatic N) is 3. The van der Waals surface area contributed by atoms with E-state index in [9.17, 15) is 9.18 Å². The number of amides is 1. The number of alkyl halides is 1. The van der Waals surface area contributed by atoms with Crippen molar-refractivity contribution < 1.29 is 9.18 Å². The Hall–Kier alpha value is -1.94. The lowest BCUT2D eigenvalue weighted by Gasteiger charge is -2.20. The summed E-state index contributed by atoms with van der Waals surface area (Å²) in [6.45, 7) is 6.07. The van der Waals surface area contributed by atoms with Gasteiger partial charge in [-0.05, 0) is 56.2 Å². The number of halogens is 1. The molecule has 0 bridgehead atoms. The van der Waals surface area contributed by atoms with Gasteiger partial charge >= 0.3 is 0 Å². The maximum atomic E-state index is 14.3. The van der Waals surface area contributed by atoms with Crippen LogP contribution in [0.5, 0.6) is 0 Å². The summed E-state index contributed by atoms with van der Waals surface area (Å²) in [7, 11) is 0. The average molecular weight is 486 g/mol. The standard InChI is InChI=1S/C24H28FN5OS2/c1-24(25)8-14-12-30(13-15(14)9-24)7-4-20(31)29-23-21(16-2-5-27-11-19(16)33-23)22-28-17-10-26-6-3-18(17)32-22/h3,6,10,14-15,27H,2,4-5,7-9,11-13H2,1H3,(H,29,31)/t14-,15+,24?. The van der Waals surface area contributed by atoms with E-state index in [1.165, 1.54) is 10.4 Å². The molecule has 9 heteroatoms. The zero-order chi connectivity index (χ0) is 22.6. The first-order valence-corrected chi connectivity index (χ1v) is 13.4. The van der Waals surface area contributed by atoms with Crippen molar-refractivity contribution in [2.24, 2.45) is 11.8 Å². The van der Waals surface area contributed by atoms with Crippen LogP contribution in [0, 0.1) is 11.8 Å². The van der Waals surface area contributed by atoms with Gasteiger partial charge in [0.15, 0.2) is 0 Å². The van der Waals surface area contributed by atoms with Gasteiger partial charge in [0.2, 0.25) is 5.91 Å². The van der Waals surface area contributed by atoms with E-state index in [1.807, 2.05) is 6.07 Å². The van der Waals surface area contributed by atoms with Crippen LogP contribution in [0.3, 0.4) is 0 Å². The summed E-state index contributed by atoms with van der Waals surface area (Å²) < 4.78 is 15.4. The Morgan fingerprint density at radius 1 is 1.33 bits per heavy atom. The van der Waals surface area contributed by atoms with Crippen molar-refractivity contribution in [2.45, 2.75) is 44.8 Å². The van der Waals surface area contributed by atoms with Gasteiger partial charge in [-0.3, -0.25) is 9.78 Å². The molecule has 2 N–H and O–H groups in total. The van der Waals surface area contributed by atoms with Crippen molar-refractivity contribution in [2.75, 3.05) is 31.5 Å². The predicted octanol–water partition coefficient (Wildman–Crippen LogP) is 4.46. The number of rotatable bonds is 5. The molecule has 3 aliphatic rings. The quantitative estimate of drug-likeness (QED) is 0.558. The van der Waals surface area contributed by atoms with Crippen molar-refractivity contribution in [3.8, 4) is 10.6 Å². The lowest BCUT2D eigenvalue weighted by Crippen LogP contribution is -2.28. The highest BCUT2D eigenvalue weighted by molar-refractivity contribution is 7.22. The van der Waals surface area contributed by atoms with Gasteiger partial charge in [0.1, 0.15) is 21.2 Å². The molecule has 1 saturated heterocycles. The van der Waals surface area contributed by atoms with Crippen molar-refractivity contribution >= 4 is 43.8 Å². The molecular weight excluding hydrogens is 457 g/mol. The van der Waals surface area contributed by atoms with Crippen LogP contribution in [-0.4, -0.2) is 52.6 Å². The topological polar surface area (TPSA) is 70.2 Å². The Morgan fingerprint density at radius 2 is 2.15 bits per heavy atom. The van der Waals surface area contributed by atoms with Crippen LogP contribution in [0.1, 0.15) is 36.6 Å². The molecule has 174 valence electrons. The van der Waals surface area contributed by atoms with E-state index in [0.717, 1.165) is 64.9 Å². The molecule has 6 nitrogen and oxygen atoms in total. The zero-order valence-electron chi connectivity index (χ0n) is 18.7. The van der Waals surface area contributed by atoms with Crippen LogP contribution in [0.15, 0.2) is 18.5 Å². The van der Waals surface area contributed by atoms with Crippen molar-refractivity contribution in [1.82, 2.24) is 20.2 Å². The number of likely N-dealkylation sites (tertiary alicyclic amines) is 1. The Balaban J connectivity index is 1.17.